The van der Waals surface area contributed by atoms with Gasteiger partial charge in [-0.1, -0.05) is 12.5 Å². The van der Waals surface area contributed by atoms with Gasteiger partial charge in [0.2, 0.25) is 11.8 Å². The van der Waals surface area contributed by atoms with Gasteiger partial charge in [-0.3, -0.25) is 14.2 Å². The second kappa shape index (κ2) is 14.1. The lowest BCUT2D eigenvalue weighted by atomic mass is 9.79. The molecule has 0 bridgehead atoms. The molecular weight excluding hydrogens is 670 g/mol. The van der Waals surface area contributed by atoms with Gasteiger partial charge in [-0.2, -0.15) is 31.3 Å². The van der Waals surface area contributed by atoms with Gasteiger partial charge in [-0.25, -0.2) is 13.8 Å². The molecule has 0 spiro atoms. The molecule has 2 heterocycles. The number of nitrogens with zero attached hydrogens (tertiary/aromatic N) is 3. The third-order valence-corrected chi connectivity index (χ3v) is 9.02. The van der Waals surface area contributed by atoms with Crippen molar-refractivity contribution in [2.24, 2.45) is 18.9 Å². The summed E-state index contributed by atoms with van der Waals surface area (Å²) in [6.45, 7) is -1.25. The van der Waals surface area contributed by atoms with E-state index in [0.717, 1.165) is 12.1 Å². The average Bonchev–Trinajstić information content (AvgIpc) is 3.72. The van der Waals surface area contributed by atoms with Crippen LogP contribution in [0.3, 0.4) is 0 Å². The van der Waals surface area contributed by atoms with Gasteiger partial charge in [0.15, 0.2) is 18.0 Å². The fourth-order valence-corrected chi connectivity index (χ4v) is 5.99. The Balaban J connectivity index is 1.35. The summed E-state index contributed by atoms with van der Waals surface area (Å²) in [7, 11) is 1.41. The molecule has 49 heavy (non-hydrogen) atoms. The van der Waals surface area contributed by atoms with Crippen molar-refractivity contribution in [1.29, 1.82) is 0 Å². The van der Waals surface area contributed by atoms with Crippen LogP contribution in [0.5, 0.6) is 5.88 Å². The number of nitrogens with one attached hydrogen (secondary N) is 2. The first-order valence-corrected chi connectivity index (χ1v) is 15.8. The Morgan fingerprint density at radius 3 is 2.37 bits per heavy atom. The highest BCUT2D eigenvalue weighted by atomic mass is 19.4. The number of fused-ring (bicyclic) bond motifs is 1. The molecule has 3 aromatic rings. The molecule has 0 unspecified atom stereocenters. The molecule has 17 heteroatoms. The second-order valence-corrected chi connectivity index (χ2v) is 12.7. The fourth-order valence-electron chi connectivity index (χ4n) is 5.99. The SMILES string of the molecule is Cn1c(Nc2cc(CNC(=O)C3(O)CC3)ccc2C(F)(F)F)nc2cc(C(=O)CCCC3CCC(C(F)(F)F)CC3)c(OCC(F)F)nc21. The summed E-state index contributed by atoms with van der Waals surface area (Å²) in [4.78, 5) is 33.9. The summed E-state index contributed by atoms with van der Waals surface area (Å²) in [5, 5.41) is 15.1. The normalized spacial score (nSPS) is 19.2. The van der Waals surface area contributed by atoms with Gasteiger partial charge in [0, 0.05) is 20.0 Å². The number of hydrogen-bond donors (Lipinski definition) is 3. The van der Waals surface area contributed by atoms with Crippen LogP contribution < -0.4 is 15.4 Å². The van der Waals surface area contributed by atoms with Crippen molar-refractivity contribution in [1.82, 2.24) is 19.9 Å². The molecule has 268 valence electrons. The molecule has 1 amide bonds. The van der Waals surface area contributed by atoms with E-state index in [9.17, 15) is 49.8 Å². The van der Waals surface area contributed by atoms with Crippen molar-refractivity contribution >= 4 is 34.5 Å². The van der Waals surface area contributed by atoms with Crippen molar-refractivity contribution in [3.05, 3.63) is 41.0 Å². The van der Waals surface area contributed by atoms with Crippen LogP contribution in [-0.4, -0.2) is 56.1 Å². The molecule has 3 N–H and O–H groups in total. The lowest BCUT2D eigenvalue weighted by molar-refractivity contribution is -0.184. The van der Waals surface area contributed by atoms with E-state index < -0.39 is 65.7 Å². The summed E-state index contributed by atoms with van der Waals surface area (Å²) in [5.41, 5.74) is -2.75. The quantitative estimate of drug-likeness (QED) is 0.127. The maximum absolute atomic E-state index is 14.0. The second-order valence-electron chi connectivity index (χ2n) is 12.7. The predicted molar refractivity (Wildman–Crippen MR) is 160 cm³/mol. The van der Waals surface area contributed by atoms with E-state index in [2.05, 4.69) is 20.6 Å². The van der Waals surface area contributed by atoms with Crippen LogP contribution in [0.4, 0.5) is 46.8 Å². The molecule has 5 rings (SSSR count). The molecule has 2 aromatic heterocycles. The van der Waals surface area contributed by atoms with Gasteiger partial charge in [0.05, 0.1) is 22.7 Å². The Bertz CT molecular complexity index is 1680. The number of halogens is 8. The number of hydrogen-bond acceptors (Lipinski definition) is 7. The number of alkyl halides is 8. The number of imidazole rings is 1. The number of carbonyl (C=O) groups excluding carboxylic acids is 2. The van der Waals surface area contributed by atoms with E-state index in [1.807, 2.05) is 0 Å². The number of aliphatic hydroxyl groups is 1. The van der Waals surface area contributed by atoms with Gasteiger partial charge < -0.3 is 20.5 Å². The van der Waals surface area contributed by atoms with Crippen molar-refractivity contribution in [2.75, 3.05) is 11.9 Å². The molecule has 2 saturated carbocycles. The van der Waals surface area contributed by atoms with E-state index in [0.29, 0.717) is 25.7 Å². The zero-order chi connectivity index (χ0) is 35.7. The minimum atomic E-state index is -4.79. The fraction of sp³-hybridized carbons (Fsp3) is 0.562. The van der Waals surface area contributed by atoms with Gasteiger partial charge >= 0.3 is 12.4 Å². The third-order valence-electron chi connectivity index (χ3n) is 9.02. The Morgan fingerprint density at radius 1 is 1.06 bits per heavy atom. The molecule has 2 fully saturated rings. The molecule has 1 aromatic carbocycles. The summed E-state index contributed by atoms with van der Waals surface area (Å²) < 4.78 is 113. The summed E-state index contributed by atoms with van der Waals surface area (Å²) in [6.07, 6.45) is -9.75. The Morgan fingerprint density at radius 2 is 1.76 bits per heavy atom. The minimum Gasteiger partial charge on any atom is -0.471 e. The number of Topliss-reactive ketones (excluding diaryl/α,β-unsaturated/α-hetero) is 1. The number of aryl methyl sites for hydroxylation is 1. The lowest BCUT2D eigenvalue weighted by Gasteiger charge is -2.29. The Kier molecular flexibility index (Phi) is 10.4. The largest absolute Gasteiger partial charge is 0.471 e. The topological polar surface area (TPSA) is 118 Å². The number of amides is 1. The number of ether oxygens (including phenoxy) is 1. The van der Waals surface area contributed by atoms with Crippen LogP contribution in [0.1, 0.15) is 79.3 Å². The van der Waals surface area contributed by atoms with Crippen molar-refractivity contribution < 1.29 is 54.6 Å². The minimum absolute atomic E-state index is 0.0133. The van der Waals surface area contributed by atoms with Crippen LogP contribution in [0.25, 0.3) is 11.2 Å². The van der Waals surface area contributed by atoms with Crippen molar-refractivity contribution in [2.45, 2.75) is 88.7 Å². The molecule has 0 atom stereocenters. The number of pyridine rings is 1. The van der Waals surface area contributed by atoms with Gasteiger partial charge in [0.25, 0.3) is 12.3 Å². The molecule has 9 nitrogen and oxygen atoms in total. The Labute approximate surface area is 275 Å². The average molecular weight is 706 g/mol. The molecule has 2 aliphatic carbocycles. The first-order chi connectivity index (χ1) is 22.9. The van der Waals surface area contributed by atoms with E-state index in [-0.39, 0.29) is 72.8 Å². The standard InChI is InChI=1S/C32H35F8N5O4/c1-45-26-23(43-29(45)42-22-13-18(7-10-21(22)32(38,39)40)15-41-28(47)30(48)11-12-30)14-20(27(44-26)49-16-25(33)34)24(46)4-2-3-17-5-8-19(9-6-17)31(35,36)37/h7,10,13-14,17,19,25,48H,2-6,8-9,11-12,15-16H2,1H3,(H,41,47)(H,42,43). The zero-order valence-electron chi connectivity index (χ0n) is 26.4. The maximum atomic E-state index is 14.0. The van der Waals surface area contributed by atoms with Crippen LogP contribution in [-0.2, 0) is 24.6 Å². The summed E-state index contributed by atoms with van der Waals surface area (Å²) >= 11 is 0. The van der Waals surface area contributed by atoms with Gasteiger partial charge in [-0.15, -0.1) is 0 Å². The smallest absolute Gasteiger partial charge is 0.418 e. The van der Waals surface area contributed by atoms with Crippen LogP contribution >= 0.6 is 0 Å². The van der Waals surface area contributed by atoms with E-state index in [4.69, 9.17) is 4.74 Å². The molecule has 0 radical (unpaired) electrons. The van der Waals surface area contributed by atoms with Crippen LogP contribution in [0.15, 0.2) is 24.3 Å². The predicted octanol–water partition coefficient (Wildman–Crippen LogP) is 7.24. The zero-order valence-corrected chi connectivity index (χ0v) is 26.4. The number of ketones is 1. The van der Waals surface area contributed by atoms with E-state index in [1.165, 1.54) is 23.7 Å². The summed E-state index contributed by atoms with van der Waals surface area (Å²) in [5.74, 6) is -3.01. The third kappa shape index (κ3) is 8.78. The van der Waals surface area contributed by atoms with Crippen molar-refractivity contribution in [3.8, 4) is 5.88 Å². The van der Waals surface area contributed by atoms with E-state index in [1.54, 1.807) is 0 Å². The first-order valence-electron chi connectivity index (χ1n) is 15.8. The van der Waals surface area contributed by atoms with Crippen LogP contribution in [0.2, 0.25) is 0 Å². The number of carbonyl (C=O) groups is 2. The maximum Gasteiger partial charge on any atom is 0.418 e. The molecule has 0 saturated heterocycles. The molecular formula is C32H35F8N5O4. The molecule has 2 aliphatic rings. The monoisotopic (exact) mass is 705 g/mol. The van der Waals surface area contributed by atoms with Gasteiger partial charge in [-0.05, 0) is 74.6 Å². The van der Waals surface area contributed by atoms with E-state index >= 15 is 0 Å². The highest BCUT2D eigenvalue weighted by molar-refractivity contribution is 6.00. The highest BCUT2D eigenvalue weighted by Gasteiger charge is 2.48. The number of rotatable bonds is 13. The van der Waals surface area contributed by atoms with Crippen LogP contribution in [0, 0.1) is 11.8 Å². The lowest BCUT2D eigenvalue weighted by Crippen LogP contribution is -2.35. The number of anilines is 2. The first kappa shape index (κ1) is 36.3. The molecule has 0 aliphatic heterocycles. The number of benzene rings is 1. The number of aromatic nitrogens is 3. The van der Waals surface area contributed by atoms with Gasteiger partial charge in [0.1, 0.15) is 11.1 Å². The Hall–Kier alpha value is -4.02. The highest BCUT2D eigenvalue weighted by Crippen LogP contribution is 2.41. The van der Waals surface area contributed by atoms with Crippen molar-refractivity contribution in [3.63, 3.8) is 0 Å². The summed E-state index contributed by atoms with van der Waals surface area (Å²) in [6, 6.07) is 4.42.